The molecule has 0 unspecified atom stereocenters. The molecule has 2 aromatic rings. The summed E-state index contributed by atoms with van der Waals surface area (Å²) < 4.78 is 0. The Bertz CT molecular complexity index is 525. The Labute approximate surface area is 120 Å². The van der Waals surface area contributed by atoms with Crippen LogP contribution in [0.5, 0.6) is 0 Å². The number of aromatic nitrogens is 2. The van der Waals surface area contributed by atoms with E-state index in [0.717, 1.165) is 43.1 Å². The molecule has 4 heteroatoms. The number of rotatable bonds is 7. The van der Waals surface area contributed by atoms with E-state index in [1.807, 2.05) is 6.07 Å². The predicted molar refractivity (Wildman–Crippen MR) is 84.2 cm³/mol. The molecule has 0 aliphatic rings. The molecule has 2 N–H and O–H groups in total. The van der Waals surface area contributed by atoms with E-state index >= 15 is 0 Å². The Morgan fingerprint density at radius 1 is 0.950 bits per heavy atom. The molecule has 0 saturated carbocycles. The second-order valence-electron chi connectivity index (χ2n) is 4.60. The van der Waals surface area contributed by atoms with Crippen molar-refractivity contribution in [3.8, 4) is 0 Å². The highest BCUT2D eigenvalue weighted by Gasteiger charge is 2.08. The molecule has 0 spiro atoms. The van der Waals surface area contributed by atoms with Crippen LogP contribution in [0.2, 0.25) is 0 Å². The lowest BCUT2D eigenvalue weighted by Crippen LogP contribution is -2.11. The standard InChI is InChI=1S/C16H22N4/c1-3-14-15(17-4-2)19-12-20-16(14)18-11-10-13-8-6-5-7-9-13/h5-9,12H,3-4,10-11H2,1-2H3,(H2,17,18,19,20). The molecule has 20 heavy (non-hydrogen) atoms. The zero-order chi connectivity index (χ0) is 14.2. The van der Waals surface area contributed by atoms with Crippen LogP contribution in [0.3, 0.4) is 0 Å². The smallest absolute Gasteiger partial charge is 0.134 e. The van der Waals surface area contributed by atoms with Crippen LogP contribution in [0.1, 0.15) is 25.0 Å². The Balaban J connectivity index is 2.00. The van der Waals surface area contributed by atoms with Crippen LogP contribution in [-0.2, 0) is 12.8 Å². The van der Waals surface area contributed by atoms with Gasteiger partial charge in [-0.25, -0.2) is 9.97 Å². The Morgan fingerprint density at radius 3 is 2.30 bits per heavy atom. The van der Waals surface area contributed by atoms with E-state index < -0.39 is 0 Å². The average molecular weight is 270 g/mol. The third-order valence-electron chi connectivity index (χ3n) is 3.19. The SMILES string of the molecule is CCNc1ncnc(NCCc2ccccc2)c1CC. The van der Waals surface area contributed by atoms with E-state index in [0.29, 0.717) is 0 Å². The predicted octanol–water partition coefficient (Wildman–Crippen LogP) is 3.13. The van der Waals surface area contributed by atoms with Crippen molar-refractivity contribution in [2.45, 2.75) is 26.7 Å². The fourth-order valence-corrected chi connectivity index (χ4v) is 2.19. The highest BCUT2D eigenvalue weighted by molar-refractivity contribution is 5.57. The fraction of sp³-hybridized carbons (Fsp3) is 0.375. The summed E-state index contributed by atoms with van der Waals surface area (Å²) in [5, 5.41) is 6.70. The summed E-state index contributed by atoms with van der Waals surface area (Å²) in [6.07, 6.45) is 3.52. The molecule has 4 nitrogen and oxygen atoms in total. The lowest BCUT2D eigenvalue weighted by molar-refractivity contribution is 0.969. The van der Waals surface area contributed by atoms with Crippen molar-refractivity contribution in [1.82, 2.24) is 9.97 Å². The molecule has 0 bridgehead atoms. The molecule has 0 amide bonds. The first-order chi connectivity index (χ1) is 9.85. The molecular formula is C16H22N4. The highest BCUT2D eigenvalue weighted by Crippen LogP contribution is 2.20. The zero-order valence-corrected chi connectivity index (χ0v) is 12.2. The fourth-order valence-electron chi connectivity index (χ4n) is 2.19. The Morgan fingerprint density at radius 2 is 1.65 bits per heavy atom. The van der Waals surface area contributed by atoms with Gasteiger partial charge in [-0.2, -0.15) is 0 Å². The molecule has 0 aliphatic carbocycles. The van der Waals surface area contributed by atoms with Gasteiger partial charge in [-0.15, -0.1) is 0 Å². The van der Waals surface area contributed by atoms with Crippen LogP contribution in [0.4, 0.5) is 11.6 Å². The number of hydrogen-bond acceptors (Lipinski definition) is 4. The normalized spacial score (nSPS) is 10.3. The lowest BCUT2D eigenvalue weighted by atomic mass is 10.1. The third-order valence-corrected chi connectivity index (χ3v) is 3.19. The van der Waals surface area contributed by atoms with Gasteiger partial charge in [0.25, 0.3) is 0 Å². The van der Waals surface area contributed by atoms with Crippen molar-refractivity contribution in [2.75, 3.05) is 23.7 Å². The summed E-state index contributed by atoms with van der Waals surface area (Å²) in [4.78, 5) is 8.67. The lowest BCUT2D eigenvalue weighted by Gasteiger charge is -2.13. The van der Waals surface area contributed by atoms with Gasteiger partial charge in [0.2, 0.25) is 0 Å². The van der Waals surface area contributed by atoms with Crippen molar-refractivity contribution >= 4 is 11.6 Å². The quantitative estimate of drug-likeness (QED) is 0.811. The molecule has 106 valence electrons. The van der Waals surface area contributed by atoms with Crippen molar-refractivity contribution in [2.24, 2.45) is 0 Å². The first-order valence-electron chi connectivity index (χ1n) is 7.20. The first kappa shape index (κ1) is 14.3. The minimum absolute atomic E-state index is 0.869. The number of benzene rings is 1. The number of nitrogens with zero attached hydrogens (tertiary/aromatic N) is 2. The summed E-state index contributed by atoms with van der Waals surface area (Å²) in [5.41, 5.74) is 2.49. The molecule has 2 rings (SSSR count). The average Bonchev–Trinajstić information content (AvgIpc) is 2.49. The minimum Gasteiger partial charge on any atom is -0.370 e. The maximum Gasteiger partial charge on any atom is 0.134 e. The maximum absolute atomic E-state index is 4.36. The van der Waals surface area contributed by atoms with E-state index in [-0.39, 0.29) is 0 Å². The summed E-state index contributed by atoms with van der Waals surface area (Å²) in [6.45, 7) is 5.94. The van der Waals surface area contributed by atoms with Crippen molar-refractivity contribution < 1.29 is 0 Å². The molecule has 0 saturated heterocycles. The largest absolute Gasteiger partial charge is 0.370 e. The highest BCUT2D eigenvalue weighted by atomic mass is 15.1. The van der Waals surface area contributed by atoms with Crippen LogP contribution in [0, 0.1) is 0 Å². The van der Waals surface area contributed by atoms with E-state index in [1.165, 1.54) is 5.56 Å². The second kappa shape index (κ2) is 7.48. The van der Waals surface area contributed by atoms with Crippen LogP contribution in [0.15, 0.2) is 36.7 Å². The van der Waals surface area contributed by atoms with Gasteiger partial charge in [0, 0.05) is 18.7 Å². The summed E-state index contributed by atoms with van der Waals surface area (Å²) in [6, 6.07) is 10.5. The first-order valence-corrected chi connectivity index (χ1v) is 7.20. The molecule has 0 aliphatic heterocycles. The molecule has 1 heterocycles. The molecule has 1 aromatic heterocycles. The van der Waals surface area contributed by atoms with Gasteiger partial charge in [-0.1, -0.05) is 37.3 Å². The minimum atomic E-state index is 0.869. The number of anilines is 2. The topological polar surface area (TPSA) is 49.8 Å². The van der Waals surface area contributed by atoms with Gasteiger partial charge < -0.3 is 10.6 Å². The Kier molecular flexibility index (Phi) is 5.35. The van der Waals surface area contributed by atoms with Gasteiger partial charge in [0.15, 0.2) is 0 Å². The van der Waals surface area contributed by atoms with Crippen LogP contribution < -0.4 is 10.6 Å². The summed E-state index contributed by atoms with van der Waals surface area (Å²) >= 11 is 0. The van der Waals surface area contributed by atoms with Crippen molar-refractivity contribution in [1.29, 1.82) is 0 Å². The molecule has 1 aromatic carbocycles. The maximum atomic E-state index is 4.36. The summed E-state index contributed by atoms with van der Waals surface area (Å²) in [5.74, 6) is 1.88. The van der Waals surface area contributed by atoms with E-state index in [4.69, 9.17) is 0 Å². The zero-order valence-electron chi connectivity index (χ0n) is 12.2. The van der Waals surface area contributed by atoms with E-state index in [1.54, 1.807) is 6.33 Å². The summed E-state index contributed by atoms with van der Waals surface area (Å²) in [7, 11) is 0. The molecule has 0 atom stereocenters. The third kappa shape index (κ3) is 3.70. The molecule has 0 radical (unpaired) electrons. The van der Waals surface area contributed by atoms with Crippen LogP contribution in [-0.4, -0.2) is 23.1 Å². The van der Waals surface area contributed by atoms with Crippen LogP contribution in [0.25, 0.3) is 0 Å². The molecule has 0 fully saturated rings. The van der Waals surface area contributed by atoms with E-state index in [2.05, 4.69) is 58.7 Å². The number of nitrogens with one attached hydrogen (secondary N) is 2. The van der Waals surface area contributed by atoms with Gasteiger partial charge in [-0.3, -0.25) is 0 Å². The number of hydrogen-bond donors (Lipinski definition) is 2. The van der Waals surface area contributed by atoms with Gasteiger partial charge >= 0.3 is 0 Å². The molecular weight excluding hydrogens is 248 g/mol. The van der Waals surface area contributed by atoms with Gasteiger partial charge in [0.1, 0.15) is 18.0 Å². The van der Waals surface area contributed by atoms with Crippen molar-refractivity contribution in [3.63, 3.8) is 0 Å². The van der Waals surface area contributed by atoms with Crippen molar-refractivity contribution in [3.05, 3.63) is 47.8 Å². The van der Waals surface area contributed by atoms with Crippen LogP contribution >= 0.6 is 0 Å². The van der Waals surface area contributed by atoms with Gasteiger partial charge in [0.05, 0.1) is 0 Å². The van der Waals surface area contributed by atoms with E-state index in [9.17, 15) is 0 Å². The Hall–Kier alpha value is -2.10. The monoisotopic (exact) mass is 270 g/mol. The van der Waals surface area contributed by atoms with Gasteiger partial charge in [-0.05, 0) is 25.3 Å². The second-order valence-corrected chi connectivity index (χ2v) is 4.60.